The zero-order chi connectivity index (χ0) is 28.6. The van der Waals surface area contributed by atoms with Gasteiger partial charge in [-0.05, 0) is 42.7 Å². The summed E-state index contributed by atoms with van der Waals surface area (Å²) in [7, 11) is -3.89. The van der Waals surface area contributed by atoms with E-state index in [0.29, 0.717) is 6.54 Å². The minimum absolute atomic E-state index is 0.122. The van der Waals surface area contributed by atoms with E-state index in [2.05, 4.69) is 5.32 Å². The van der Waals surface area contributed by atoms with Crippen molar-refractivity contribution in [3.05, 3.63) is 99.5 Å². The molecule has 0 saturated carbocycles. The van der Waals surface area contributed by atoms with Crippen LogP contribution in [0.3, 0.4) is 0 Å². The van der Waals surface area contributed by atoms with Crippen LogP contribution in [0.25, 0.3) is 0 Å². The predicted molar refractivity (Wildman–Crippen MR) is 158 cm³/mol. The van der Waals surface area contributed by atoms with Gasteiger partial charge in [0.15, 0.2) is 0 Å². The Labute approximate surface area is 240 Å². The number of rotatable bonds is 12. The lowest BCUT2D eigenvalue weighted by atomic mass is 10.0. The first kappa shape index (κ1) is 30.5. The highest BCUT2D eigenvalue weighted by molar-refractivity contribution is 7.92. The molecule has 0 aliphatic heterocycles. The average molecular weight is 591 g/mol. The molecule has 0 aliphatic rings. The summed E-state index contributed by atoms with van der Waals surface area (Å²) in [4.78, 5) is 28.9. The highest BCUT2D eigenvalue weighted by atomic mass is 35.5. The Balaban J connectivity index is 2.05. The second-order valence-electron chi connectivity index (χ2n) is 9.38. The van der Waals surface area contributed by atoms with Crippen LogP contribution >= 0.6 is 23.2 Å². The van der Waals surface area contributed by atoms with Crippen molar-refractivity contribution < 1.29 is 18.0 Å². The number of anilines is 1. The molecule has 0 aliphatic carbocycles. The maximum absolute atomic E-state index is 14.0. The zero-order valence-corrected chi connectivity index (χ0v) is 24.6. The van der Waals surface area contributed by atoms with Crippen LogP contribution in [0, 0.1) is 6.92 Å². The largest absolute Gasteiger partial charge is 0.354 e. The third-order valence-corrected chi connectivity index (χ3v) is 8.01. The second-order valence-corrected chi connectivity index (χ2v) is 12.1. The molecule has 208 valence electrons. The Bertz CT molecular complexity index is 1400. The van der Waals surface area contributed by atoms with Gasteiger partial charge in [-0.3, -0.25) is 13.9 Å². The first-order chi connectivity index (χ1) is 18.5. The molecule has 0 spiro atoms. The highest BCUT2D eigenvalue weighted by Gasteiger charge is 2.33. The molecule has 0 bridgehead atoms. The van der Waals surface area contributed by atoms with Crippen molar-refractivity contribution in [3.63, 3.8) is 0 Å². The fraction of sp³-hybridized carbons (Fsp3) is 0.310. The summed E-state index contributed by atoms with van der Waals surface area (Å²) in [5.41, 5.74) is 2.90. The van der Waals surface area contributed by atoms with E-state index in [0.717, 1.165) is 33.7 Å². The standard InChI is InChI=1S/C29H33Cl2N3O4S/c1-4-15-32-29(36)27(17-22-10-6-5-7-11-22)33(19-23-12-8-9-21(2)16-23)28(35)20-34(39(3,37)38)24-13-14-25(30)26(31)18-24/h5-14,16,18,27H,4,15,17,19-20H2,1-3H3,(H,32,36). The number of carbonyl (C=O) groups is 2. The fourth-order valence-corrected chi connectivity index (χ4v) is 5.31. The lowest BCUT2D eigenvalue weighted by Crippen LogP contribution is -2.53. The van der Waals surface area contributed by atoms with Gasteiger partial charge in [-0.15, -0.1) is 0 Å². The van der Waals surface area contributed by atoms with E-state index in [9.17, 15) is 18.0 Å². The average Bonchev–Trinajstić information content (AvgIpc) is 2.89. The maximum Gasteiger partial charge on any atom is 0.244 e. The smallest absolute Gasteiger partial charge is 0.244 e. The number of nitrogens with zero attached hydrogens (tertiary/aromatic N) is 2. The summed E-state index contributed by atoms with van der Waals surface area (Å²) < 4.78 is 26.6. The molecule has 1 unspecified atom stereocenters. The van der Waals surface area contributed by atoms with Gasteiger partial charge in [0, 0.05) is 19.5 Å². The van der Waals surface area contributed by atoms with Crippen LogP contribution in [-0.4, -0.2) is 50.5 Å². The zero-order valence-electron chi connectivity index (χ0n) is 22.2. The summed E-state index contributed by atoms with van der Waals surface area (Å²) >= 11 is 12.2. The summed E-state index contributed by atoms with van der Waals surface area (Å²) in [6.07, 6.45) is 2.01. The Kier molecular flexibility index (Phi) is 10.8. The van der Waals surface area contributed by atoms with Gasteiger partial charge in [-0.1, -0.05) is 90.3 Å². The number of halogens is 2. The lowest BCUT2D eigenvalue weighted by Gasteiger charge is -2.33. The van der Waals surface area contributed by atoms with E-state index < -0.39 is 28.5 Å². The van der Waals surface area contributed by atoms with Crippen molar-refractivity contribution in [1.29, 1.82) is 0 Å². The quantitative estimate of drug-likeness (QED) is 0.313. The van der Waals surface area contributed by atoms with Crippen LogP contribution in [-0.2, 0) is 32.6 Å². The van der Waals surface area contributed by atoms with E-state index in [-0.39, 0.29) is 34.6 Å². The van der Waals surface area contributed by atoms with E-state index >= 15 is 0 Å². The highest BCUT2D eigenvalue weighted by Crippen LogP contribution is 2.29. The molecule has 0 saturated heterocycles. The predicted octanol–water partition coefficient (Wildman–Crippen LogP) is 5.23. The minimum Gasteiger partial charge on any atom is -0.354 e. The maximum atomic E-state index is 14.0. The van der Waals surface area contributed by atoms with Gasteiger partial charge in [0.1, 0.15) is 12.6 Å². The molecule has 7 nitrogen and oxygen atoms in total. The van der Waals surface area contributed by atoms with Crippen molar-refractivity contribution in [3.8, 4) is 0 Å². The summed E-state index contributed by atoms with van der Waals surface area (Å²) in [5.74, 6) is -0.831. The third-order valence-electron chi connectivity index (χ3n) is 6.13. The molecule has 3 rings (SSSR count). The number of amides is 2. The van der Waals surface area contributed by atoms with Gasteiger partial charge >= 0.3 is 0 Å². The van der Waals surface area contributed by atoms with Crippen molar-refractivity contribution >= 4 is 50.7 Å². The number of carbonyl (C=O) groups excluding carboxylic acids is 2. The van der Waals surface area contributed by atoms with Crippen LogP contribution in [0.5, 0.6) is 0 Å². The first-order valence-corrected chi connectivity index (χ1v) is 15.2. The van der Waals surface area contributed by atoms with E-state index in [1.54, 1.807) is 0 Å². The summed E-state index contributed by atoms with van der Waals surface area (Å²) in [5, 5.41) is 3.34. The number of nitrogens with one attached hydrogen (secondary N) is 1. The number of sulfonamides is 1. The van der Waals surface area contributed by atoms with Crippen molar-refractivity contribution in [1.82, 2.24) is 10.2 Å². The molecule has 0 radical (unpaired) electrons. The Hall–Kier alpha value is -3.07. The minimum atomic E-state index is -3.89. The van der Waals surface area contributed by atoms with Crippen LogP contribution < -0.4 is 9.62 Å². The topological polar surface area (TPSA) is 86.8 Å². The Morgan fingerprint density at radius 2 is 1.62 bits per heavy atom. The van der Waals surface area contributed by atoms with Gasteiger partial charge < -0.3 is 10.2 Å². The molecule has 0 aromatic heterocycles. The van der Waals surface area contributed by atoms with Gasteiger partial charge in [0.25, 0.3) is 0 Å². The number of hydrogen-bond donors (Lipinski definition) is 1. The van der Waals surface area contributed by atoms with Gasteiger partial charge in [0.2, 0.25) is 21.8 Å². The van der Waals surface area contributed by atoms with E-state index in [1.165, 1.54) is 23.1 Å². The van der Waals surface area contributed by atoms with Gasteiger partial charge in [-0.25, -0.2) is 8.42 Å². The molecule has 2 amide bonds. The molecule has 0 fully saturated rings. The second kappa shape index (κ2) is 13.8. The SMILES string of the molecule is CCCNC(=O)C(Cc1ccccc1)N(Cc1cccc(C)c1)C(=O)CN(c1ccc(Cl)c(Cl)c1)S(C)(=O)=O. The molecule has 0 heterocycles. The van der Waals surface area contributed by atoms with E-state index in [1.807, 2.05) is 68.4 Å². The normalized spacial score (nSPS) is 12.0. The molecule has 3 aromatic rings. The molecular weight excluding hydrogens is 557 g/mol. The van der Waals surface area contributed by atoms with Gasteiger partial charge in [-0.2, -0.15) is 0 Å². The fourth-order valence-electron chi connectivity index (χ4n) is 4.18. The molecule has 1 N–H and O–H groups in total. The van der Waals surface area contributed by atoms with Crippen molar-refractivity contribution in [2.75, 3.05) is 23.7 Å². The monoisotopic (exact) mass is 589 g/mol. The van der Waals surface area contributed by atoms with Crippen molar-refractivity contribution in [2.24, 2.45) is 0 Å². The Morgan fingerprint density at radius 1 is 0.923 bits per heavy atom. The van der Waals surface area contributed by atoms with Crippen LogP contribution in [0.1, 0.15) is 30.0 Å². The number of aryl methyl sites for hydroxylation is 1. The lowest BCUT2D eigenvalue weighted by molar-refractivity contribution is -0.140. The molecule has 10 heteroatoms. The number of hydrogen-bond acceptors (Lipinski definition) is 4. The molecule has 3 aromatic carbocycles. The third kappa shape index (κ3) is 8.71. The Morgan fingerprint density at radius 3 is 2.23 bits per heavy atom. The molecule has 1 atom stereocenters. The molecule has 39 heavy (non-hydrogen) atoms. The summed E-state index contributed by atoms with van der Waals surface area (Å²) in [6, 6.07) is 20.6. The number of benzene rings is 3. The first-order valence-electron chi connectivity index (χ1n) is 12.6. The van der Waals surface area contributed by atoms with Crippen molar-refractivity contribution in [2.45, 2.75) is 39.3 Å². The summed E-state index contributed by atoms with van der Waals surface area (Å²) in [6.45, 7) is 3.95. The molecular formula is C29H33Cl2N3O4S. The van der Waals surface area contributed by atoms with Crippen LogP contribution in [0.4, 0.5) is 5.69 Å². The van der Waals surface area contributed by atoms with Gasteiger partial charge in [0.05, 0.1) is 22.0 Å². The van der Waals surface area contributed by atoms with E-state index in [4.69, 9.17) is 23.2 Å². The van der Waals surface area contributed by atoms with Crippen LogP contribution in [0.15, 0.2) is 72.8 Å². The van der Waals surface area contributed by atoms with Crippen LogP contribution in [0.2, 0.25) is 10.0 Å².